The molecule has 0 fully saturated rings. The molecule has 1 atom stereocenters. The zero-order valence-electron chi connectivity index (χ0n) is 10.2. The normalized spacial score (nSPS) is 13.2. The molecule has 1 heterocycles. The van der Waals surface area contributed by atoms with Gasteiger partial charge >= 0.3 is 0 Å². The van der Waals surface area contributed by atoms with E-state index >= 15 is 0 Å². The van der Waals surface area contributed by atoms with E-state index in [0.29, 0.717) is 0 Å². The molecule has 3 nitrogen and oxygen atoms in total. The average molecular weight is 217 g/mol. The quantitative estimate of drug-likeness (QED) is 0.857. The Morgan fingerprint density at radius 3 is 2.81 bits per heavy atom. The van der Waals surface area contributed by atoms with Crippen molar-refractivity contribution in [2.24, 2.45) is 5.73 Å². The van der Waals surface area contributed by atoms with Gasteiger partial charge in [0.2, 0.25) is 0 Å². The Hall–Kier alpha value is -1.35. The Morgan fingerprint density at radius 1 is 1.44 bits per heavy atom. The van der Waals surface area contributed by atoms with Crippen molar-refractivity contribution in [3.63, 3.8) is 0 Å². The molecule has 0 aliphatic heterocycles. The number of hydrogen-bond donors (Lipinski definition) is 1. The van der Waals surface area contributed by atoms with Crippen LogP contribution in [0.25, 0.3) is 10.9 Å². The Balaban J connectivity index is 2.64. The molecular weight excluding hydrogens is 198 g/mol. The van der Waals surface area contributed by atoms with E-state index in [1.807, 2.05) is 6.92 Å². The number of para-hydroxylation sites is 1. The van der Waals surface area contributed by atoms with Crippen molar-refractivity contribution >= 4 is 10.9 Å². The molecule has 2 rings (SSSR count). The molecule has 0 amide bonds. The van der Waals surface area contributed by atoms with Crippen LogP contribution in [0.4, 0.5) is 0 Å². The van der Waals surface area contributed by atoms with Crippen LogP contribution < -0.4 is 5.73 Å². The molecule has 0 spiro atoms. The molecule has 0 saturated carbocycles. The molecule has 1 unspecified atom stereocenters. The minimum Gasteiger partial charge on any atom is -0.328 e. The van der Waals surface area contributed by atoms with Crippen LogP contribution in [0.2, 0.25) is 0 Å². The Morgan fingerprint density at radius 2 is 2.19 bits per heavy atom. The van der Waals surface area contributed by atoms with Gasteiger partial charge in [0.15, 0.2) is 0 Å². The first-order chi connectivity index (χ1) is 7.63. The largest absolute Gasteiger partial charge is 0.328 e. The summed E-state index contributed by atoms with van der Waals surface area (Å²) >= 11 is 0. The van der Waals surface area contributed by atoms with Gasteiger partial charge in [0, 0.05) is 18.0 Å². The van der Waals surface area contributed by atoms with Crippen molar-refractivity contribution in [1.29, 1.82) is 0 Å². The van der Waals surface area contributed by atoms with Gasteiger partial charge in [-0.25, -0.2) is 0 Å². The monoisotopic (exact) mass is 217 g/mol. The number of nitrogens with zero attached hydrogens (tertiary/aromatic N) is 2. The van der Waals surface area contributed by atoms with Gasteiger partial charge < -0.3 is 5.73 Å². The van der Waals surface area contributed by atoms with Gasteiger partial charge in [-0.1, -0.05) is 18.2 Å². The molecular formula is C13H19N3. The van der Waals surface area contributed by atoms with Crippen LogP contribution in [0.1, 0.15) is 25.1 Å². The lowest BCUT2D eigenvalue weighted by Gasteiger charge is -2.08. The molecule has 86 valence electrons. The second-order valence-electron chi connectivity index (χ2n) is 4.40. The van der Waals surface area contributed by atoms with Crippen LogP contribution in [-0.4, -0.2) is 15.8 Å². The third-order valence-corrected chi connectivity index (χ3v) is 2.88. The van der Waals surface area contributed by atoms with Gasteiger partial charge in [-0.3, -0.25) is 4.68 Å². The van der Waals surface area contributed by atoms with Crippen molar-refractivity contribution in [2.75, 3.05) is 0 Å². The van der Waals surface area contributed by atoms with Gasteiger partial charge in [0.1, 0.15) is 0 Å². The minimum absolute atomic E-state index is 0.186. The molecule has 0 aliphatic carbocycles. The summed E-state index contributed by atoms with van der Waals surface area (Å²) in [5.74, 6) is 0. The third kappa shape index (κ3) is 1.83. The second kappa shape index (κ2) is 4.26. The SMILES string of the molecule is CCn1nc(C)c2cccc(CC(C)N)c21. The molecule has 0 saturated heterocycles. The van der Waals surface area contributed by atoms with Crippen LogP contribution in [-0.2, 0) is 13.0 Å². The molecule has 2 N–H and O–H groups in total. The zero-order chi connectivity index (χ0) is 11.7. The fraction of sp³-hybridized carbons (Fsp3) is 0.462. The molecule has 1 aromatic carbocycles. The van der Waals surface area contributed by atoms with E-state index in [4.69, 9.17) is 5.73 Å². The van der Waals surface area contributed by atoms with Crippen LogP contribution in [0.5, 0.6) is 0 Å². The van der Waals surface area contributed by atoms with Crippen LogP contribution in [0.15, 0.2) is 18.2 Å². The molecule has 3 heteroatoms. The highest BCUT2D eigenvalue weighted by atomic mass is 15.3. The van der Waals surface area contributed by atoms with Gasteiger partial charge in [-0.2, -0.15) is 5.10 Å². The van der Waals surface area contributed by atoms with Crippen molar-refractivity contribution in [1.82, 2.24) is 9.78 Å². The first-order valence-electron chi connectivity index (χ1n) is 5.84. The van der Waals surface area contributed by atoms with Gasteiger partial charge in [0.05, 0.1) is 11.2 Å². The van der Waals surface area contributed by atoms with E-state index in [-0.39, 0.29) is 6.04 Å². The van der Waals surface area contributed by atoms with E-state index in [1.165, 1.54) is 16.5 Å². The number of hydrogen-bond acceptors (Lipinski definition) is 2. The van der Waals surface area contributed by atoms with E-state index in [2.05, 4.69) is 41.8 Å². The predicted molar refractivity (Wildman–Crippen MR) is 67.5 cm³/mol. The lowest BCUT2D eigenvalue weighted by molar-refractivity contribution is 0.668. The molecule has 2 aromatic rings. The number of benzene rings is 1. The summed E-state index contributed by atoms with van der Waals surface area (Å²) in [5, 5.41) is 5.80. The van der Waals surface area contributed by atoms with Crippen molar-refractivity contribution in [2.45, 2.75) is 39.8 Å². The number of aromatic nitrogens is 2. The highest BCUT2D eigenvalue weighted by Gasteiger charge is 2.11. The van der Waals surface area contributed by atoms with E-state index in [0.717, 1.165) is 18.7 Å². The van der Waals surface area contributed by atoms with Crippen molar-refractivity contribution in [3.05, 3.63) is 29.5 Å². The van der Waals surface area contributed by atoms with Gasteiger partial charge in [0.25, 0.3) is 0 Å². The summed E-state index contributed by atoms with van der Waals surface area (Å²) in [7, 11) is 0. The Kier molecular flexibility index (Phi) is 2.97. The topological polar surface area (TPSA) is 43.8 Å². The first kappa shape index (κ1) is 11.1. The summed E-state index contributed by atoms with van der Waals surface area (Å²) in [6, 6.07) is 6.56. The smallest absolute Gasteiger partial charge is 0.0717 e. The molecule has 1 aromatic heterocycles. The van der Waals surface area contributed by atoms with Gasteiger partial charge in [-0.05, 0) is 32.8 Å². The maximum atomic E-state index is 5.88. The van der Waals surface area contributed by atoms with Crippen molar-refractivity contribution in [3.8, 4) is 0 Å². The molecule has 0 radical (unpaired) electrons. The van der Waals surface area contributed by atoms with Crippen LogP contribution >= 0.6 is 0 Å². The van der Waals surface area contributed by atoms with Crippen LogP contribution in [0.3, 0.4) is 0 Å². The predicted octanol–water partition coefficient (Wildman–Crippen LogP) is 2.25. The first-order valence-corrected chi connectivity index (χ1v) is 5.84. The lowest BCUT2D eigenvalue weighted by atomic mass is 10.0. The summed E-state index contributed by atoms with van der Waals surface area (Å²) in [4.78, 5) is 0. The number of rotatable bonds is 3. The van der Waals surface area contributed by atoms with E-state index in [9.17, 15) is 0 Å². The van der Waals surface area contributed by atoms with Gasteiger partial charge in [-0.15, -0.1) is 0 Å². The van der Waals surface area contributed by atoms with E-state index in [1.54, 1.807) is 0 Å². The number of fused-ring (bicyclic) bond motifs is 1. The molecule has 0 aliphatic rings. The zero-order valence-corrected chi connectivity index (χ0v) is 10.2. The van der Waals surface area contributed by atoms with Crippen molar-refractivity contribution < 1.29 is 0 Å². The Bertz CT molecular complexity index is 497. The Labute approximate surface area is 96.2 Å². The van der Waals surface area contributed by atoms with E-state index < -0.39 is 0 Å². The molecule has 16 heavy (non-hydrogen) atoms. The summed E-state index contributed by atoms with van der Waals surface area (Å²) in [6.45, 7) is 7.12. The summed E-state index contributed by atoms with van der Waals surface area (Å²) in [6.07, 6.45) is 0.905. The highest BCUT2D eigenvalue weighted by Crippen LogP contribution is 2.22. The summed E-state index contributed by atoms with van der Waals surface area (Å²) in [5.41, 5.74) is 9.54. The number of nitrogens with two attached hydrogens (primary N) is 1. The average Bonchev–Trinajstić information content (AvgIpc) is 2.56. The third-order valence-electron chi connectivity index (χ3n) is 2.88. The fourth-order valence-corrected chi connectivity index (χ4v) is 2.21. The highest BCUT2D eigenvalue weighted by molar-refractivity contribution is 5.84. The lowest BCUT2D eigenvalue weighted by Crippen LogP contribution is -2.18. The summed E-state index contributed by atoms with van der Waals surface area (Å²) < 4.78 is 2.07. The maximum Gasteiger partial charge on any atom is 0.0717 e. The minimum atomic E-state index is 0.186. The second-order valence-corrected chi connectivity index (χ2v) is 4.40. The molecule has 0 bridgehead atoms. The maximum absolute atomic E-state index is 5.88. The number of aryl methyl sites for hydroxylation is 2. The fourth-order valence-electron chi connectivity index (χ4n) is 2.21. The standard InChI is InChI=1S/C13H19N3/c1-4-16-13-11(8-9(2)14)6-5-7-12(13)10(3)15-16/h5-7,9H,4,8,14H2,1-3H3. The van der Waals surface area contributed by atoms with Crippen LogP contribution in [0, 0.1) is 6.92 Å².